The van der Waals surface area contributed by atoms with Crippen LogP contribution in [-0.2, 0) is 4.74 Å². The van der Waals surface area contributed by atoms with Crippen molar-refractivity contribution in [2.24, 2.45) is 0 Å². The maximum atomic E-state index is 12.1. The number of nitrogens with one attached hydrogen (secondary N) is 2. The molecule has 0 spiro atoms. The summed E-state index contributed by atoms with van der Waals surface area (Å²) in [5.74, 6) is 0.985. The molecule has 7 nitrogen and oxygen atoms in total. The van der Waals surface area contributed by atoms with E-state index in [1.54, 1.807) is 0 Å². The zero-order valence-corrected chi connectivity index (χ0v) is 15.7. The largest absolute Gasteiger partial charge is 0.444 e. The van der Waals surface area contributed by atoms with Crippen molar-refractivity contribution < 1.29 is 9.53 Å². The van der Waals surface area contributed by atoms with Gasteiger partial charge in [0.25, 0.3) is 0 Å². The van der Waals surface area contributed by atoms with Crippen LogP contribution in [0.3, 0.4) is 0 Å². The van der Waals surface area contributed by atoms with Gasteiger partial charge < -0.3 is 19.6 Å². The van der Waals surface area contributed by atoms with Crippen molar-refractivity contribution >= 4 is 28.2 Å². The Bertz CT molecular complexity index is 966. The van der Waals surface area contributed by atoms with Gasteiger partial charge in [0.05, 0.1) is 11.7 Å². The Labute approximate surface area is 152 Å². The van der Waals surface area contributed by atoms with Gasteiger partial charge in [-0.2, -0.15) is 0 Å². The number of rotatable bonds is 2. The molecule has 0 saturated heterocycles. The minimum atomic E-state index is -0.480. The van der Waals surface area contributed by atoms with Crippen LogP contribution in [0.2, 0.25) is 0 Å². The topological polar surface area (TPSA) is 84.8 Å². The number of ether oxygens (including phenoxy) is 1. The van der Waals surface area contributed by atoms with Gasteiger partial charge in [-0.05, 0) is 53.0 Å². The fourth-order valence-electron chi connectivity index (χ4n) is 3.95. The summed E-state index contributed by atoms with van der Waals surface area (Å²) in [5.41, 5.74) is 2.43. The van der Waals surface area contributed by atoms with Gasteiger partial charge in [0.2, 0.25) is 0 Å². The molecule has 3 aromatic heterocycles. The van der Waals surface area contributed by atoms with Crippen LogP contribution in [0.25, 0.3) is 22.1 Å². The summed E-state index contributed by atoms with van der Waals surface area (Å²) >= 11 is 0. The predicted octanol–water partition coefficient (Wildman–Crippen LogP) is 3.84. The molecule has 3 heterocycles. The molecule has 1 saturated carbocycles. The zero-order valence-electron chi connectivity index (χ0n) is 15.7. The normalized spacial score (nSPS) is 20.8. The van der Waals surface area contributed by atoms with Gasteiger partial charge in [-0.1, -0.05) is 0 Å². The van der Waals surface area contributed by atoms with Crippen LogP contribution in [0.5, 0.6) is 0 Å². The van der Waals surface area contributed by atoms with E-state index >= 15 is 0 Å². The first kappa shape index (κ1) is 16.9. The van der Waals surface area contributed by atoms with Crippen molar-refractivity contribution in [2.45, 2.75) is 64.6 Å². The molecule has 3 aromatic rings. The first-order valence-electron chi connectivity index (χ1n) is 9.12. The van der Waals surface area contributed by atoms with Crippen LogP contribution in [-0.4, -0.2) is 37.3 Å². The summed E-state index contributed by atoms with van der Waals surface area (Å²) in [7, 11) is 0. The van der Waals surface area contributed by atoms with Crippen molar-refractivity contribution in [3.63, 3.8) is 0 Å². The van der Waals surface area contributed by atoms with E-state index in [1.807, 2.05) is 46.2 Å². The molecular formula is C19H25N5O2. The maximum absolute atomic E-state index is 12.1. The van der Waals surface area contributed by atoms with Crippen molar-refractivity contribution in [1.29, 1.82) is 0 Å². The van der Waals surface area contributed by atoms with Crippen LogP contribution in [0.4, 0.5) is 4.79 Å². The van der Waals surface area contributed by atoms with Gasteiger partial charge in [0.15, 0.2) is 0 Å². The number of aromatic nitrogens is 4. The van der Waals surface area contributed by atoms with Gasteiger partial charge in [-0.3, -0.25) is 0 Å². The summed E-state index contributed by atoms with van der Waals surface area (Å²) in [6.07, 6.45) is 6.20. The highest BCUT2D eigenvalue weighted by Crippen LogP contribution is 2.36. The lowest BCUT2D eigenvalue weighted by molar-refractivity contribution is 0.0505. The van der Waals surface area contributed by atoms with E-state index in [0.29, 0.717) is 6.04 Å². The molecule has 0 aliphatic heterocycles. The fourth-order valence-corrected chi connectivity index (χ4v) is 3.95. The second-order valence-electron chi connectivity index (χ2n) is 8.07. The minimum Gasteiger partial charge on any atom is -0.444 e. The molecule has 0 radical (unpaired) electrons. The number of alkyl carbamates (subject to hydrolysis) is 1. The van der Waals surface area contributed by atoms with Crippen LogP contribution in [0.15, 0.2) is 18.5 Å². The van der Waals surface area contributed by atoms with Gasteiger partial charge >= 0.3 is 6.09 Å². The zero-order chi connectivity index (χ0) is 18.5. The predicted molar refractivity (Wildman–Crippen MR) is 100 cm³/mol. The Hall–Kier alpha value is -2.57. The first-order chi connectivity index (χ1) is 12.3. The number of hydrogen-bond acceptors (Lipinski definition) is 4. The Morgan fingerprint density at radius 3 is 2.96 bits per heavy atom. The number of amides is 1. The SMILES string of the molecule is Cc1nc2cnc3[nH]ccc3c2n1[C@@H]1CCC(NC(=O)OC(C)(C)C)C1. The van der Waals surface area contributed by atoms with Crippen LogP contribution < -0.4 is 5.32 Å². The second-order valence-corrected chi connectivity index (χ2v) is 8.07. The van der Waals surface area contributed by atoms with E-state index in [0.717, 1.165) is 47.2 Å². The molecule has 7 heteroatoms. The maximum Gasteiger partial charge on any atom is 0.407 e. The third kappa shape index (κ3) is 3.02. The number of pyridine rings is 1. The highest BCUT2D eigenvalue weighted by molar-refractivity contribution is 6.01. The molecule has 1 amide bonds. The molecule has 0 bridgehead atoms. The Morgan fingerprint density at radius 1 is 1.38 bits per heavy atom. The molecule has 1 aliphatic carbocycles. The fraction of sp³-hybridized carbons (Fsp3) is 0.526. The molecule has 0 aromatic carbocycles. The number of nitrogens with zero attached hydrogens (tertiary/aromatic N) is 3. The lowest BCUT2D eigenvalue weighted by Gasteiger charge is -2.22. The summed E-state index contributed by atoms with van der Waals surface area (Å²) in [6, 6.07) is 2.48. The van der Waals surface area contributed by atoms with Gasteiger partial charge in [0, 0.05) is 23.7 Å². The van der Waals surface area contributed by atoms with Crippen molar-refractivity contribution in [2.75, 3.05) is 0 Å². The van der Waals surface area contributed by atoms with Crippen molar-refractivity contribution in [3.8, 4) is 0 Å². The number of H-pyrrole nitrogens is 1. The summed E-state index contributed by atoms with van der Waals surface area (Å²) in [5, 5.41) is 4.10. The number of carbonyl (C=O) groups is 1. The highest BCUT2D eigenvalue weighted by atomic mass is 16.6. The number of imidazole rings is 1. The van der Waals surface area contributed by atoms with E-state index < -0.39 is 5.60 Å². The Morgan fingerprint density at radius 2 is 2.19 bits per heavy atom. The smallest absolute Gasteiger partial charge is 0.407 e. The van der Waals surface area contributed by atoms with Crippen molar-refractivity contribution in [1.82, 2.24) is 24.8 Å². The standard InChI is InChI=1S/C19H25N5O2/c1-11-22-15-10-21-17-14(7-8-20-17)16(15)24(11)13-6-5-12(9-13)23-18(25)26-19(2,3)4/h7-8,10,12-13H,5-6,9H2,1-4H3,(H,20,21)(H,23,25)/t12?,13-/m1/s1. The van der Waals surface area contributed by atoms with Crippen LogP contribution in [0, 0.1) is 6.92 Å². The molecule has 1 aliphatic rings. The molecule has 1 fully saturated rings. The van der Waals surface area contributed by atoms with E-state index in [1.165, 1.54) is 0 Å². The Balaban J connectivity index is 1.58. The molecule has 2 atom stereocenters. The number of carbonyl (C=O) groups excluding carboxylic acids is 1. The summed E-state index contributed by atoms with van der Waals surface area (Å²) in [6.45, 7) is 7.66. The molecule has 4 rings (SSSR count). The lowest BCUT2D eigenvalue weighted by Crippen LogP contribution is -2.38. The second kappa shape index (κ2) is 6.00. The van der Waals surface area contributed by atoms with Crippen molar-refractivity contribution in [3.05, 3.63) is 24.3 Å². The number of fused-ring (bicyclic) bond motifs is 3. The molecule has 1 unspecified atom stereocenters. The third-order valence-electron chi connectivity index (χ3n) is 4.90. The first-order valence-corrected chi connectivity index (χ1v) is 9.12. The lowest BCUT2D eigenvalue weighted by atomic mass is 10.2. The average molecular weight is 355 g/mol. The quantitative estimate of drug-likeness (QED) is 0.731. The monoisotopic (exact) mass is 355 g/mol. The van der Waals surface area contributed by atoms with E-state index in [2.05, 4.69) is 19.9 Å². The van der Waals surface area contributed by atoms with E-state index in [4.69, 9.17) is 9.72 Å². The molecule has 26 heavy (non-hydrogen) atoms. The van der Waals surface area contributed by atoms with Gasteiger partial charge in [-0.15, -0.1) is 0 Å². The summed E-state index contributed by atoms with van der Waals surface area (Å²) in [4.78, 5) is 24.4. The summed E-state index contributed by atoms with van der Waals surface area (Å²) < 4.78 is 7.69. The van der Waals surface area contributed by atoms with Gasteiger partial charge in [-0.25, -0.2) is 14.8 Å². The molecule has 2 N–H and O–H groups in total. The average Bonchev–Trinajstić information content (AvgIpc) is 3.21. The molecular weight excluding hydrogens is 330 g/mol. The minimum absolute atomic E-state index is 0.121. The highest BCUT2D eigenvalue weighted by Gasteiger charge is 2.30. The van der Waals surface area contributed by atoms with Gasteiger partial charge in [0.1, 0.15) is 22.6 Å². The van der Waals surface area contributed by atoms with Crippen LogP contribution in [0.1, 0.15) is 51.9 Å². The Kier molecular flexibility index (Phi) is 3.89. The number of aryl methyl sites for hydroxylation is 1. The van der Waals surface area contributed by atoms with E-state index in [9.17, 15) is 4.79 Å². The number of hydrogen-bond donors (Lipinski definition) is 2. The third-order valence-corrected chi connectivity index (χ3v) is 4.90. The molecule has 138 valence electrons. The number of aromatic amines is 1. The van der Waals surface area contributed by atoms with E-state index in [-0.39, 0.29) is 12.1 Å². The van der Waals surface area contributed by atoms with Crippen LogP contribution >= 0.6 is 0 Å².